The van der Waals surface area contributed by atoms with Gasteiger partial charge in [0.05, 0.1) is 12.8 Å². The Hall–Kier alpha value is -3.19. The van der Waals surface area contributed by atoms with Gasteiger partial charge in [0.2, 0.25) is 0 Å². The molecule has 4 rings (SSSR count). The van der Waals surface area contributed by atoms with Gasteiger partial charge in [-0.1, -0.05) is 34.1 Å². The average molecular weight is 468 g/mol. The molecule has 0 saturated heterocycles. The maximum Gasteiger partial charge on any atom is 0.198 e. The lowest BCUT2D eigenvalue weighted by Gasteiger charge is -2.33. The summed E-state index contributed by atoms with van der Waals surface area (Å²) in [5.41, 5.74) is 2.27. The molecule has 0 aromatic heterocycles. The maximum absolute atomic E-state index is 13.6. The quantitative estimate of drug-likeness (QED) is 0.495. The standard InChI is InChI=1S/C23H19BrFN3O2/c1-15(29)22-26-28(19-6-4-3-5-7-19)23(20-14-16(24)8-13-21(20)30-2)27(22)18-11-9-17(25)10-12-18/h3-14,23H,1-2H3/t23-/m0/s1. The highest BCUT2D eigenvalue weighted by atomic mass is 79.9. The van der Waals surface area contributed by atoms with E-state index < -0.39 is 6.17 Å². The number of hydrazone groups is 1. The number of carbonyl (C=O) groups is 1. The number of carbonyl (C=O) groups excluding carboxylic acids is 1. The summed E-state index contributed by atoms with van der Waals surface area (Å²) in [5, 5.41) is 6.44. The summed E-state index contributed by atoms with van der Waals surface area (Å²) in [6.07, 6.45) is -0.510. The topological polar surface area (TPSA) is 45.1 Å². The predicted octanol–water partition coefficient (Wildman–Crippen LogP) is 5.52. The van der Waals surface area contributed by atoms with Crippen LogP contribution in [-0.4, -0.2) is 18.7 Å². The molecule has 0 spiro atoms. The zero-order valence-electron chi connectivity index (χ0n) is 16.4. The van der Waals surface area contributed by atoms with Crippen molar-refractivity contribution in [2.75, 3.05) is 17.0 Å². The molecule has 0 radical (unpaired) electrons. The van der Waals surface area contributed by atoms with Gasteiger partial charge in [-0.15, -0.1) is 5.10 Å². The van der Waals surface area contributed by atoms with Crippen LogP contribution in [0.15, 0.2) is 82.4 Å². The molecule has 1 aliphatic rings. The van der Waals surface area contributed by atoms with E-state index in [1.54, 1.807) is 29.2 Å². The number of Topliss-reactive ketones (excluding diaryl/α,β-unsaturated/α-hetero) is 1. The number of ether oxygens (including phenoxy) is 1. The van der Waals surface area contributed by atoms with E-state index in [0.717, 1.165) is 15.7 Å². The van der Waals surface area contributed by atoms with Crippen molar-refractivity contribution in [1.82, 2.24) is 0 Å². The lowest BCUT2D eigenvalue weighted by molar-refractivity contribution is -0.111. The first kappa shape index (κ1) is 20.1. The molecular formula is C23H19BrFN3O2. The van der Waals surface area contributed by atoms with Crippen molar-refractivity contribution in [3.8, 4) is 5.75 Å². The zero-order valence-corrected chi connectivity index (χ0v) is 18.0. The van der Waals surface area contributed by atoms with Gasteiger partial charge >= 0.3 is 0 Å². The summed E-state index contributed by atoms with van der Waals surface area (Å²) in [4.78, 5) is 14.4. The fourth-order valence-corrected chi connectivity index (χ4v) is 3.87. The number of amidine groups is 1. The van der Waals surface area contributed by atoms with Gasteiger partial charge in [0.25, 0.3) is 0 Å². The number of nitrogens with zero attached hydrogens (tertiary/aromatic N) is 3. The minimum Gasteiger partial charge on any atom is -0.496 e. The van der Waals surface area contributed by atoms with Gasteiger partial charge in [-0.05, 0) is 54.6 Å². The molecule has 0 amide bonds. The van der Waals surface area contributed by atoms with E-state index >= 15 is 0 Å². The van der Waals surface area contributed by atoms with Crippen molar-refractivity contribution in [3.05, 3.63) is 88.6 Å². The normalized spacial score (nSPS) is 15.9. The fraction of sp³-hybridized carbons (Fsp3) is 0.130. The molecule has 0 fully saturated rings. The molecule has 1 heterocycles. The molecule has 7 heteroatoms. The predicted molar refractivity (Wildman–Crippen MR) is 119 cm³/mol. The third-order valence-corrected chi connectivity index (χ3v) is 5.31. The van der Waals surface area contributed by atoms with Gasteiger partial charge in [0, 0.05) is 22.6 Å². The number of ketones is 1. The van der Waals surface area contributed by atoms with Crippen LogP contribution >= 0.6 is 15.9 Å². The van der Waals surface area contributed by atoms with E-state index in [-0.39, 0.29) is 17.4 Å². The molecule has 5 nitrogen and oxygen atoms in total. The van der Waals surface area contributed by atoms with Crippen LogP contribution in [0.25, 0.3) is 0 Å². The van der Waals surface area contributed by atoms with Gasteiger partial charge in [-0.2, -0.15) is 0 Å². The number of hydrogen-bond donors (Lipinski definition) is 0. The van der Waals surface area contributed by atoms with Gasteiger partial charge in [0.15, 0.2) is 17.8 Å². The first-order chi connectivity index (χ1) is 14.5. The summed E-state index contributed by atoms with van der Waals surface area (Å²) in [6.45, 7) is 1.47. The third kappa shape index (κ3) is 3.68. The summed E-state index contributed by atoms with van der Waals surface area (Å²) < 4.78 is 20.1. The Morgan fingerprint density at radius 1 is 1.03 bits per heavy atom. The van der Waals surface area contributed by atoms with Crippen molar-refractivity contribution < 1.29 is 13.9 Å². The minimum atomic E-state index is -0.510. The molecule has 152 valence electrons. The van der Waals surface area contributed by atoms with Crippen LogP contribution in [0.3, 0.4) is 0 Å². The fourth-order valence-electron chi connectivity index (χ4n) is 3.49. The lowest BCUT2D eigenvalue weighted by Crippen LogP contribution is -2.38. The average Bonchev–Trinajstić information content (AvgIpc) is 3.15. The first-order valence-electron chi connectivity index (χ1n) is 9.31. The largest absolute Gasteiger partial charge is 0.496 e. The molecule has 3 aromatic carbocycles. The van der Waals surface area contributed by atoms with Crippen LogP contribution in [0.4, 0.5) is 15.8 Å². The van der Waals surface area contributed by atoms with Gasteiger partial charge in [0.1, 0.15) is 11.6 Å². The molecule has 0 unspecified atom stereocenters. The molecule has 1 atom stereocenters. The van der Waals surface area contributed by atoms with Gasteiger partial charge in [-0.3, -0.25) is 9.69 Å². The molecule has 3 aromatic rings. The second kappa shape index (κ2) is 8.28. The Morgan fingerprint density at radius 2 is 1.73 bits per heavy atom. The van der Waals surface area contributed by atoms with Crippen LogP contribution in [0.1, 0.15) is 18.7 Å². The Labute approximate surface area is 182 Å². The maximum atomic E-state index is 13.6. The highest BCUT2D eigenvalue weighted by Gasteiger charge is 2.40. The van der Waals surface area contributed by atoms with Crippen molar-refractivity contribution >= 4 is 38.9 Å². The number of benzene rings is 3. The van der Waals surface area contributed by atoms with Crippen LogP contribution in [0.2, 0.25) is 0 Å². The molecule has 0 N–H and O–H groups in total. The van der Waals surface area contributed by atoms with E-state index in [0.29, 0.717) is 11.4 Å². The van der Waals surface area contributed by atoms with Crippen LogP contribution in [0.5, 0.6) is 5.75 Å². The highest BCUT2D eigenvalue weighted by molar-refractivity contribution is 9.10. The van der Waals surface area contributed by atoms with E-state index in [1.165, 1.54) is 19.1 Å². The van der Waals surface area contributed by atoms with Gasteiger partial charge in [-0.25, -0.2) is 9.40 Å². The monoisotopic (exact) mass is 467 g/mol. The Balaban J connectivity index is 1.95. The Kier molecular flexibility index (Phi) is 5.55. The highest BCUT2D eigenvalue weighted by Crippen LogP contribution is 2.42. The number of para-hydroxylation sites is 1. The molecule has 0 bridgehead atoms. The van der Waals surface area contributed by atoms with Gasteiger partial charge < -0.3 is 4.74 Å². The van der Waals surface area contributed by atoms with Crippen LogP contribution in [-0.2, 0) is 4.79 Å². The zero-order chi connectivity index (χ0) is 21.3. The lowest BCUT2D eigenvalue weighted by atomic mass is 10.1. The third-order valence-electron chi connectivity index (χ3n) is 4.82. The van der Waals surface area contributed by atoms with E-state index in [2.05, 4.69) is 21.0 Å². The second-order valence-electron chi connectivity index (χ2n) is 6.77. The van der Waals surface area contributed by atoms with Crippen LogP contribution in [0, 0.1) is 5.82 Å². The summed E-state index contributed by atoms with van der Waals surface area (Å²) >= 11 is 3.53. The summed E-state index contributed by atoms with van der Waals surface area (Å²) in [5.74, 6) is 0.362. The number of anilines is 2. The number of methoxy groups -OCH3 is 1. The van der Waals surface area contributed by atoms with Crippen LogP contribution < -0.4 is 14.6 Å². The first-order valence-corrected chi connectivity index (χ1v) is 10.1. The Bertz CT molecular complexity index is 1100. The minimum absolute atomic E-state index is 0.197. The van der Waals surface area contributed by atoms with Crippen molar-refractivity contribution in [1.29, 1.82) is 0 Å². The number of hydrogen-bond acceptors (Lipinski definition) is 5. The van der Waals surface area contributed by atoms with Crippen molar-refractivity contribution in [2.45, 2.75) is 13.1 Å². The molecule has 30 heavy (non-hydrogen) atoms. The Morgan fingerprint density at radius 3 is 2.37 bits per heavy atom. The molecule has 0 saturated carbocycles. The number of halogens is 2. The van der Waals surface area contributed by atoms with Crippen molar-refractivity contribution in [2.24, 2.45) is 5.10 Å². The van der Waals surface area contributed by atoms with Crippen molar-refractivity contribution in [3.63, 3.8) is 0 Å². The smallest absolute Gasteiger partial charge is 0.198 e. The van der Waals surface area contributed by atoms with E-state index in [9.17, 15) is 9.18 Å². The second-order valence-corrected chi connectivity index (χ2v) is 7.68. The number of rotatable bonds is 5. The molecule has 1 aliphatic heterocycles. The molecular weight excluding hydrogens is 449 g/mol. The summed E-state index contributed by atoms with van der Waals surface area (Å²) in [7, 11) is 1.60. The molecule has 0 aliphatic carbocycles. The van der Waals surface area contributed by atoms with E-state index in [4.69, 9.17) is 4.74 Å². The van der Waals surface area contributed by atoms with E-state index in [1.807, 2.05) is 48.5 Å². The summed E-state index contributed by atoms with van der Waals surface area (Å²) in [6, 6.07) is 21.3. The SMILES string of the molecule is COc1ccc(Br)cc1[C@@H]1N(c2ccccc2)N=C(C(C)=O)N1c1ccc(F)cc1.